The summed E-state index contributed by atoms with van der Waals surface area (Å²) in [6.07, 6.45) is 7.42. The number of hydrogen-bond donors (Lipinski definition) is 1. The van der Waals surface area contributed by atoms with E-state index in [1.54, 1.807) is 6.07 Å². The Morgan fingerprint density at radius 2 is 1.76 bits per heavy atom. The number of piperidine rings is 1. The van der Waals surface area contributed by atoms with E-state index in [9.17, 15) is 22.9 Å². The fourth-order valence-electron chi connectivity index (χ4n) is 6.70. The van der Waals surface area contributed by atoms with Gasteiger partial charge in [-0.15, -0.1) is 18.2 Å². The lowest BCUT2D eigenvalue weighted by atomic mass is 9.61. The quantitative estimate of drug-likeness (QED) is 0.0879. The van der Waals surface area contributed by atoms with Gasteiger partial charge in [0.1, 0.15) is 13.2 Å². The van der Waals surface area contributed by atoms with Crippen molar-refractivity contribution in [2.75, 3.05) is 45.3 Å². The molecule has 2 aliphatic rings. The van der Waals surface area contributed by atoms with E-state index >= 15 is 0 Å². The number of H-pyrrole nitrogens is 1. The highest BCUT2D eigenvalue weighted by Crippen LogP contribution is 2.49. The van der Waals surface area contributed by atoms with Crippen molar-refractivity contribution in [2.24, 2.45) is 23.2 Å². The zero-order valence-corrected chi connectivity index (χ0v) is 30.4. The minimum Gasteiger partial charge on any atom is -0.465 e. The van der Waals surface area contributed by atoms with Gasteiger partial charge in [0, 0.05) is 25.3 Å². The molecule has 1 saturated carbocycles. The molecule has 1 N–H and O–H groups in total. The number of nitrogens with zero attached hydrogens (tertiary/aromatic N) is 2. The number of rotatable bonds is 18. The van der Waals surface area contributed by atoms with E-state index in [2.05, 4.69) is 47.4 Å². The van der Waals surface area contributed by atoms with Gasteiger partial charge < -0.3 is 14.2 Å². The van der Waals surface area contributed by atoms with Crippen LogP contribution in [0.4, 0.5) is 0 Å². The number of ether oxygens (including phenoxy) is 3. The molecular formula is C36H49ClN3O9S+. The molecule has 4 rings (SSSR count). The van der Waals surface area contributed by atoms with Gasteiger partial charge in [-0.05, 0) is 97.0 Å². The molecule has 1 aromatic heterocycles. The SMILES string of the molecule is C=C[C@]1(C)CC[C@@H](C(=C)CN2CCC(COC(=O)CCCC(=O)OCCOc3[nH]o[n+](=O)c3S(=O)(=O)c3ccccc3)CC2)C[C@H]1C(=C)CCl. The minimum absolute atomic E-state index is 0.00202. The molecule has 50 heavy (non-hydrogen) atoms. The van der Waals surface area contributed by atoms with Crippen molar-refractivity contribution in [1.29, 1.82) is 0 Å². The van der Waals surface area contributed by atoms with Crippen molar-refractivity contribution >= 4 is 33.4 Å². The standard InChI is InChI=1S/C36H49ClN3O9S/c1-5-36(4)17-14-29(22-31(36)26(2)23-37)27(3)24-39-18-15-28(16-19-39)25-48-33(42)13-9-12-32(41)46-20-21-47-34-35(40(43)49-38-34)50(44,45)30-10-7-6-8-11-30/h5-8,10-11,28-29,31,38H,1-3,9,12-25H2,4H3/q+1/t29-,31+,36-/m1/s1. The van der Waals surface area contributed by atoms with Crippen LogP contribution in [-0.4, -0.2) is 75.7 Å². The fraction of sp³-hybridized carbons (Fsp3) is 0.556. The molecule has 1 saturated heterocycles. The highest BCUT2D eigenvalue weighted by molar-refractivity contribution is 7.91. The number of halogens is 1. The number of sulfone groups is 1. The number of carbonyl (C=O) groups excluding carboxylic acids is 2. The van der Waals surface area contributed by atoms with Gasteiger partial charge in [0.15, 0.2) is 0 Å². The van der Waals surface area contributed by atoms with Gasteiger partial charge in [-0.3, -0.25) is 14.5 Å². The number of esters is 2. The Morgan fingerprint density at radius 3 is 2.42 bits per heavy atom. The Balaban J connectivity index is 1.08. The lowest BCUT2D eigenvalue weighted by molar-refractivity contribution is -0.744. The molecule has 12 nitrogen and oxygen atoms in total. The van der Waals surface area contributed by atoms with Gasteiger partial charge in [-0.2, -0.15) is 0 Å². The third-order valence-corrected chi connectivity index (χ3v) is 12.0. The normalized spacial score (nSPS) is 21.6. The Hall–Kier alpha value is -3.68. The van der Waals surface area contributed by atoms with Crippen LogP contribution >= 0.6 is 11.6 Å². The second-order valence-corrected chi connectivity index (χ2v) is 15.5. The first-order chi connectivity index (χ1) is 23.9. The monoisotopic (exact) mass is 734 g/mol. The van der Waals surface area contributed by atoms with E-state index < -0.39 is 26.7 Å². The molecule has 2 heterocycles. The van der Waals surface area contributed by atoms with Crippen LogP contribution in [0.25, 0.3) is 0 Å². The maximum Gasteiger partial charge on any atom is 0.404 e. The summed E-state index contributed by atoms with van der Waals surface area (Å²) in [6, 6.07) is 7.34. The van der Waals surface area contributed by atoms with Gasteiger partial charge in [-0.25, -0.2) is 8.42 Å². The highest BCUT2D eigenvalue weighted by Gasteiger charge is 2.40. The van der Waals surface area contributed by atoms with Crippen molar-refractivity contribution in [3.63, 3.8) is 0 Å². The molecule has 0 bridgehead atoms. The summed E-state index contributed by atoms with van der Waals surface area (Å²) >= 11 is 6.17. The van der Waals surface area contributed by atoms with Crippen molar-refractivity contribution in [3.05, 3.63) is 72.2 Å². The van der Waals surface area contributed by atoms with Crippen molar-refractivity contribution < 1.29 is 41.4 Å². The van der Waals surface area contributed by atoms with Gasteiger partial charge in [0.2, 0.25) is 4.60 Å². The summed E-state index contributed by atoms with van der Waals surface area (Å²) in [5, 5.41) is 1.37. The molecule has 0 unspecified atom stereocenters. The molecular weight excluding hydrogens is 686 g/mol. The number of allylic oxidation sites excluding steroid dienone is 2. The minimum atomic E-state index is -4.23. The number of benzene rings is 1. The summed E-state index contributed by atoms with van der Waals surface area (Å²) in [5.74, 6) is 0.168. The van der Waals surface area contributed by atoms with Crippen LogP contribution in [0.2, 0.25) is 0 Å². The Labute approximate surface area is 298 Å². The van der Waals surface area contributed by atoms with Crippen LogP contribution in [0, 0.1) is 28.1 Å². The molecule has 2 fully saturated rings. The van der Waals surface area contributed by atoms with Gasteiger partial charge in [0.25, 0.3) is 9.84 Å². The smallest absolute Gasteiger partial charge is 0.404 e. The lowest BCUT2D eigenvalue weighted by Crippen LogP contribution is -2.39. The molecule has 14 heteroatoms. The van der Waals surface area contributed by atoms with Crippen LogP contribution in [-0.2, 0) is 28.9 Å². The van der Waals surface area contributed by atoms with E-state index in [-0.39, 0.29) is 53.4 Å². The first-order valence-corrected chi connectivity index (χ1v) is 19.1. The molecule has 274 valence electrons. The molecule has 0 amide bonds. The number of hydrogen-bond acceptors (Lipinski definition) is 10. The molecule has 0 spiro atoms. The maximum absolute atomic E-state index is 12.8. The largest absolute Gasteiger partial charge is 0.465 e. The lowest BCUT2D eigenvalue weighted by Gasteiger charge is -2.45. The Bertz CT molecular complexity index is 1660. The average molecular weight is 735 g/mol. The number of aromatic nitrogens is 2. The molecule has 1 aromatic carbocycles. The summed E-state index contributed by atoms with van der Waals surface area (Å²) in [4.78, 5) is 38.8. The van der Waals surface area contributed by atoms with Gasteiger partial charge in [-0.1, -0.05) is 60.1 Å². The third-order valence-electron chi connectivity index (χ3n) is 9.91. The Morgan fingerprint density at radius 1 is 1.08 bits per heavy atom. The van der Waals surface area contributed by atoms with Crippen LogP contribution in [0.3, 0.4) is 0 Å². The molecule has 1 aliphatic heterocycles. The summed E-state index contributed by atoms with van der Waals surface area (Å²) in [5.41, 5.74) is 2.36. The summed E-state index contributed by atoms with van der Waals surface area (Å²) in [6.45, 7) is 17.7. The maximum atomic E-state index is 12.8. The van der Waals surface area contributed by atoms with Crippen LogP contribution in [0.1, 0.15) is 58.3 Å². The fourth-order valence-corrected chi connectivity index (χ4v) is 8.21. The molecule has 3 atom stereocenters. The van der Waals surface area contributed by atoms with Crippen LogP contribution in [0.15, 0.2) is 81.8 Å². The zero-order valence-electron chi connectivity index (χ0n) is 28.8. The van der Waals surface area contributed by atoms with Gasteiger partial charge in [0.05, 0.1) is 11.5 Å². The topological polar surface area (TPSA) is 151 Å². The van der Waals surface area contributed by atoms with Crippen LogP contribution in [0.5, 0.6) is 5.88 Å². The first kappa shape index (κ1) is 39.1. The van der Waals surface area contributed by atoms with E-state index in [1.165, 1.54) is 29.8 Å². The number of nitrogens with one attached hydrogen (secondary N) is 1. The summed E-state index contributed by atoms with van der Waals surface area (Å²) in [7, 11) is -4.23. The summed E-state index contributed by atoms with van der Waals surface area (Å²) < 4.78 is 45.9. The predicted octanol–water partition coefficient (Wildman–Crippen LogP) is 5.66. The third kappa shape index (κ3) is 10.2. The van der Waals surface area contributed by atoms with Gasteiger partial charge >= 0.3 is 22.8 Å². The molecule has 1 aliphatic carbocycles. The number of aromatic amines is 1. The zero-order chi connectivity index (χ0) is 36.3. The molecule has 2 aromatic rings. The number of carbonyl (C=O) groups is 2. The van der Waals surface area contributed by atoms with E-state index in [1.807, 2.05) is 0 Å². The average Bonchev–Trinajstić information content (AvgIpc) is 3.50. The predicted molar refractivity (Wildman–Crippen MR) is 187 cm³/mol. The van der Waals surface area contributed by atoms with Crippen LogP contribution < -0.4 is 9.34 Å². The highest BCUT2D eigenvalue weighted by atomic mass is 35.5. The van der Waals surface area contributed by atoms with Crippen molar-refractivity contribution in [1.82, 2.24) is 10.1 Å². The first-order valence-electron chi connectivity index (χ1n) is 17.0. The van der Waals surface area contributed by atoms with E-state index in [0.717, 1.165) is 57.3 Å². The Kier molecular flexibility index (Phi) is 14.1. The number of likely N-dealkylation sites (tertiary alicyclic amines) is 1. The molecule has 0 radical (unpaired) electrons. The van der Waals surface area contributed by atoms with Crippen molar-refractivity contribution in [3.8, 4) is 5.88 Å². The number of alkyl halides is 1. The van der Waals surface area contributed by atoms with Crippen molar-refractivity contribution in [2.45, 2.75) is 68.2 Å². The van der Waals surface area contributed by atoms with E-state index in [4.69, 9.17) is 25.8 Å². The second-order valence-electron chi connectivity index (χ2n) is 13.4. The van der Waals surface area contributed by atoms with E-state index in [0.29, 0.717) is 30.2 Å². The second kappa shape index (κ2) is 18.0.